The van der Waals surface area contributed by atoms with E-state index in [4.69, 9.17) is 16.3 Å². The number of nitrogens with zero attached hydrogens (tertiary/aromatic N) is 4. The van der Waals surface area contributed by atoms with Crippen molar-refractivity contribution in [2.75, 3.05) is 7.11 Å². The first-order valence-electron chi connectivity index (χ1n) is 6.82. The van der Waals surface area contributed by atoms with Crippen molar-refractivity contribution in [3.63, 3.8) is 0 Å². The molecular weight excluding hydrogens is 319 g/mol. The van der Waals surface area contributed by atoms with Crippen molar-refractivity contribution >= 4 is 28.2 Å². The summed E-state index contributed by atoms with van der Waals surface area (Å²) in [5, 5.41) is 4.98. The number of halogens is 2. The third kappa shape index (κ3) is 2.19. The van der Waals surface area contributed by atoms with Gasteiger partial charge in [0.25, 0.3) is 0 Å². The smallest absolute Gasteiger partial charge is 0.226 e. The number of benzene rings is 2. The number of aromatic nitrogens is 4. The molecule has 114 valence electrons. The maximum absolute atomic E-state index is 13.9. The average molecular weight is 329 g/mol. The molecule has 0 amide bonds. The van der Waals surface area contributed by atoms with E-state index in [-0.39, 0.29) is 10.8 Å². The molecule has 0 unspecified atom stereocenters. The van der Waals surface area contributed by atoms with Gasteiger partial charge in [0.05, 0.1) is 7.11 Å². The van der Waals surface area contributed by atoms with Crippen molar-refractivity contribution in [2.45, 2.75) is 0 Å². The van der Waals surface area contributed by atoms with Crippen LogP contribution in [0.3, 0.4) is 0 Å². The second-order valence-electron chi connectivity index (χ2n) is 4.92. The number of hydrogen-bond donors (Lipinski definition) is 0. The van der Waals surface area contributed by atoms with Crippen molar-refractivity contribution in [3.8, 4) is 17.1 Å². The quantitative estimate of drug-likeness (QED) is 0.526. The molecule has 4 rings (SSSR count). The first-order valence-corrected chi connectivity index (χ1v) is 7.20. The fraction of sp³-hybridized carbons (Fsp3) is 0.0625. The molecule has 0 radical (unpaired) electrons. The van der Waals surface area contributed by atoms with Crippen LogP contribution in [0.4, 0.5) is 4.39 Å². The van der Waals surface area contributed by atoms with Crippen molar-refractivity contribution < 1.29 is 9.13 Å². The molecule has 0 spiro atoms. The summed E-state index contributed by atoms with van der Waals surface area (Å²) in [5.41, 5.74) is 1.44. The minimum atomic E-state index is -0.444. The van der Waals surface area contributed by atoms with E-state index in [2.05, 4.69) is 15.1 Å². The fourth-order valence-electron chi connectivity index (χ4n) is 2.43. The molecule has 0 atom stereocenters. The van der Waals surface area contributed by atoms with Gasteiger partial charge in [0.15, 0.2) is 11.5 Å². The van der Waals surface area contributed by atoms with E-state index in [0.29, 0.717) is 16.9 Å². The van der Waals surface area contributed by atoms with Gasteiger partial charge in [-0.3, -0.25) is 0 Å². The molecule has 2 aromatic heterocycles. The summed E-state index contributed by atoms with van der Waals surface area (Å²) in [6.07, 6.45) is 0. The number of rotatable bonds is 2. The molecule has 0 N–H and O–H groups in total. The highest BCUT2D eigenvalue weighted by Gasteiger charge is 2.15. The largest absolute Gasteiger partial charge is 0.497 e. The van der Waals surface area contributed by atoms with Crippen LogP contribution < -0.4 is 4.74 Å². The number of para-hydroxylation sites is 1. The van der Waals surface area contributed by atoms with E-state index in [1.807, 2.05) is 24.3 Å². The van der Waals surface area contributed by atoms with Crippen molar-refractivity contribution in [1.29, 1.82) is 0 Å². The number of methoxy groups -OCH3 is 1. The zero-order chi connectivity index (χ0) is 16.0. The van der Waals surface area contributed by atoms with Gasteiger partial charge in [-0.25, -0.2) is 14.4 Å². The predicted molar refractivity (Wildman–Crippen MR) is 85.2 cm³/mol. The zero-order valence-electron chi connectivity index (χ0n) is 12.0. The van der Waals surface area contributed by atoms with Crippen LogP contribution in [-0.2, 0) is 0 Å². The highest BCUT2D eigenvalue weighted by Crippen LogP contribution is 2.26. The lowest BCUT2D eigenvalue weighted by Gasteiger charge is -2.01. The van der Waals surface area contributed by atoms with Gasteiger partial charge in [0.1, 0.15) is 17.1 Å². The summed E-state index contributed by atoms with van der Waals surface area (Å²) in [6.45, 7) is 0. The Morgan fingerprint density at radius 2 is 1.87 bits per heavy atom. The molecule has 2 aromatic carbocycles. The molecule has 0 saturated carbocycles. The topological polar surface area (TPSA) is 52.3 Å². The van der Waals surface area contributed by atoms with Gasteiger partial charge in [-0.05, 0) is 48.0 Å². The molecule has 0 aliphatic heterocycles. The normalized spacial score (nSPS) is 11.3. The van der Waals surface area contributed by atoms with Gasteiger partial charge in [0, 0.05) is 10.9 Å². The summed E-state index contributed by atoms with van der Waals surface area (Å²) >= 11 is 6.12. The van der Waals surface area contributed by atoms with E-state index < -0.39 is 5.82 Å². The second kappa shape index (κ2) is 5.17. The van der Waals surface area contributed by atoms with Crippen LogP contribution in [0.5, 0.6) is 5.75 Å². The average Bonchev–Trinajstić information content (AvgIpc) is 3.02. The molecule has 0 fully saturated rings. The molecule has 0 saturated heterocycles. The van der Waals surface area contributed by atoms with Gasteiger partial charge < -0.3 is 4.74 Å². The Hall–Kier alpha value is -2.73. The Labute approximate surface area is 135 Å². The summed E-state index contributed by atoms with van der Waals surface area (Å²) in [4.78, 5) is 8.56. The standard InChI is InChI=1S/C16H10ClFN4O/c1-23-10-7-5-9(6-8-10)14-20-15-11-3-2-4-12(18)13(11)19-16(17)22(15)21-14/h2-8H,1H3. The van der Waals surface area contributed by atoms with Crippen LogP contribution >= 0.6 is 11.6 Å². The number of ether oxygens (including phenoxy) is 1. The minimum Gasteiger partial charge on any atom is -0.497 e. The Balaban J connectivity index is 1.98. The third-order valence-corrected chi connectivity index (χ3v) is 3.81. The van der Waals surface area contributed by atoms with Crippen LogP contribution in [0.2, 0.25) is 5.28 Å². The highest BCUT2D eigenvalue weighted by molar-refractivity contribution is 6.29. The van der Waals surface area contributed by atoms with Gasteiger partial charge >= 0.3 is 0 Å². The first kappa shape index (κ1) is 13.9. The van der Waals surface area contributed by atoms with Crippen LogP contribution in [-0.4, -0.2) is 26.7 Å². The molecular formula is C16H10ClFN4O. The van der Waals surface area contributed by atoms with Crippen LogP contribution in [0, 0.1) is 5.82 Å². The van der Waals surface area contributed by atoms with Crippen molar-refractivity contribution in [3.05, 3.63) is 53.6 Å². The van der Waals surface area contributed by atoms with Gasteiger partial charge in [-0.2, -0.15) is 4.52 Å². The van der Waals surface area contributed by atoms with E-state index in [1.54, 1.807) is 19.2 Å². The molecule has 0 aliphatic carbocycles. The maximum Gasteiger partial charge on any atom is 0.226 e. The Bertz CT molecular complexity index is 1030. The molecule has 0 bridgehead atoms. The lowest BCUT2D eigenvalue weighted by molar-refractivity contribution is 0.415. The molecule has 23 heavy (non-hydrogen) atoms. The lowest BCUT2D eigenvalue weighted by atomic mass is 10.2. The summed E-state index contributed by atoms with van der Waals surface area (Å²) in [6, 6.07) is 12.0. The fourth-order valence-corrected chi connectivity index (χ4v) is 2.63. The SMILES string of the molecule is COc1ccc(-c2nc3c4cccc(F)c4nc(Cl)n3n2)cc1. The van der Waals surface area contributed by atoms with Gasteiger partial charge in [-0.15, -0.1) is 5.10 Å². The van der Waals surface area contributed by atoms with Crippen molar-refractivity contribution in [1.82, 2.24) is 19.6 Å². The van der Waals surface area contributed by atoms with Gasteiger partial charge in [0.2, 0.25) is 5.28 Å². The lowest BCUT2D eigenvalue weighted by Crippen LogP contribution is -1.96. The Morgan fingerprint density at radius 3 is 2.61 bits per heavy atom. The summed E-state index contributed by atoms with van der Waals surface area (Å²) in [5.74, 6) is 0.777. The minimum absolute atomic E-state index is 0.0601. The molecule has 7 heteroatoms. The van der Waals surface area contributed by atoms with Crippen LogP contribution in [0.1, 0.15) is 0 Å². The van der Waals surface area contributed by atoms with E-state index in [1.165, 1.54) is 10.6 Å². The Morgan fingerprint density at radius 1 is 1.09 bits per heavy atom. The summed E-state index contributed by atoms with van der Waals surface area (Å²) < 4.78 is 20.5. The van der Waals surface area contributed by atoms with Crippen LogP contribution in [0.25, 0.3) is 27.9 Å². The van der Waals surface area contributed by atoms with Gasteiger partial charge in [-0.1, -0.05) is 6.07 Å². The number of hydrogen-bond acceptors (Lipinski definition) is 4. The molecule has 4 aromatic rings. The van der Waals surface area contributed by atoms with Crippen LogP contribution in [0.15, 0.2) is 42.5 Å². The maximum atomic E-state index is 13.9. The predicted octanol–water partition coefficient (Wildman–Crippen LogP) is 3.75. The summed E-state index contributed by atoms with van der Waals surface area (Å²) in [7, 11) is 1.60. The molecule has 0 aliphatic rings. The second-order valence-corrected chi connectivity index (χ2v) is 5.25. The highest BCUT2D eigenvalue weighted by atomic mass is 35.5. The first-order chi connectivity index (χ1) is 11.2. The van der Waals surface area contributed by atoms with E-state index in [9.17, 15) is 4.39 Å². The van der Waals surface area contributed by atoms with E-state index >= 15 is 0 Å². The zero-order valence-corrected chi connectivity index (χ0v) is 12.8. The van der Waals surface area contributed by atoms with E-state index in [0.717, 1.165) is 11.3 Å². The van der Waals surface area contributed by atoms with Crippen molar-refractivity contribution in [2.24, 2.45) is 0 Å². The molecule has 5 nitrogen and oxygen atoms in total. The molecule has 2 heterocycles. The monoisotopic (exact) mass is 328 g/mol. The Kier molecular flexibility index (Phi) is 3.12. The number of fused-ring (bicyclic) bond motifs is 3. The third-order valence-electron chi connectivity index (χ3n) is 3.56.